The molecule has 0 bridgehead atoms. The fourth-order valence-electron chi connectivity index (χ4n) is 8.78. The first-order chi connectivity index (χ1) is 40.1. The van der Waals surface area contributed by atoms with Crippen molar-refractivity contribution >= 4 is 79.1 Å². The Balaban J connectivity index is 2.25. The van der Waals surface area contributed by atoms with Gasteiger partial charge in [0.15, 0.2) is 11.8 Å². The van der Waals surface area contributed by atoms with Gasteiger partial charge in [0.25, 0.3) is 5.91 Å². The second kappa shape index (κ2) is 36.0. The quantitative estimate of drug-likeness (QED) is 0.0167. The number of aliphatic hydroxyl groups is 1. The van der Waals surface area contributed by atoms with Crippen LogP contribution in [0.25, 0.3) is 0 Å². The van der Waals surface area contributed by atoms with Gasteiger partial charge in [0.2, 0.25) is 59.1 Å². The molecule has 1 saturated heterocycles. The van der Waals surface area contributed by atoms with E-state index in [1.807, 2.05) is 13.8 Å². The molecule has 0 saturated carbocycles. The zero-order valence-electron chi connectivity index (χ0n) is 49.8. The number of amides is 11. The van der Waals surface area contributed by atoms with Crippen LogP contribution in [0.15, 0.2) is 24.3 Å². The summed E-state index contributed by atoms with van der Waals surface area (Å²) >= 11 is 0. The topological polar surface area (TPSA) is 544 Å². The maximum atomic E-state index is 14.1. The number of aliphatic hydroxyl groups excluding tert-OH is 1. The first kappa shape index (κ1) is 74.9. The number of nitrogens with two attached hydrogens (primary N) is 3. The van der Waals surface area contributed by atoms with Crippen LogP contribution in [-0.2, 0) is 64.0 Å². The van der Waals surface area contributed by atoms with E-state index in [1.165, 1.54) is 38.1 Å². The molecule has 86 heavy (non-hydrogen) atoms. The van der Waals surface area contributed by atoms with Crippen molar-refractivity contribution in [3.8, 4) is 5.75 Å². The molecule has 11 amide bonds. The van der Waals surface area contributed by atoms with Gasteiger partial charge in [0.1, 0.15) is 60.7 Å². The van der Waals surface area contributed by atoms with E-state index in [1.54, 1.807) is 27.7 Å². The van der Waals surface area contributed by atoms with Crippen LogP contribution >= 0.6 is 8.17 Å². The number of nitrogens with one attached hydrogen (secondary N) is 10. The molecule has 24 N–H and O–H groups in total. The molecule has 0 unspecified atom stereocenters. The lowest BCUT2D eigenvalue weighted by molar-refractivity contribution is -0.406. The van der Waals surface area contributed by atoms with Crippen molar-refractivity contribution in [3.05, 3.63) is 29.8 Å². The molecular weight excluding hydrogens is 1150 g/mol. The maximum Gasteiger partial charge on any atom is 0.613 e. The zero-order chi connectivity index (χ0) is 65.3. The molecule has 1 fully saturated rings. The van der Waals surface area contributed by atoms with Crippen molar-refractivity contribution < 1.29 is 92.7 Å². The summed E-state index contributed by atoms with van der Waals surface area (Å²) in [5, 5.41) is 43.9. The average Bonchev–Trinajstić information content (AvgIpc) is 3.13. The van der Waals surface area contributed by atoms with Crippen LogP contribution in [0, 0.1) is 17.8 Å². The highest BCUT2D eigenvalue weighted by molar-refractivity contribution is 7.53. The first-order valence-corrected chi connectivity index (χ1v) is 29.7. The van der Waals surface area contributed by atoms with Gasteiger partial charge in [0, 0.05) is 19.4 Å². The van der Waals surface area contributed by atoms with Gasteiger partial charge >= 0.3 is 14.1 Å². The minimum atomic E-state index is -4.72. The number of likely N-dealkylation sites (tertiary alicyclic amines) is 1. The van der Waals surface area contributed by atoms with E-state index in [2.05, 4.69) is 63.4 Å². The monoisotopic (exact) mass is 1240 g/mol. The third-order valence-corrected chi connectivity index (χ3v) is 14.1. The van der Waals surface area contributed by atoms with Crippen molar-refractivity contribution in [2.45, 2.75) is 173 Å². The Kier molecular flexibility index (Phi) is 31.4. The van der Waals surface area contributed by atoms with E-state index in [0.29, 0.717) is 18.4 Å². The van der Waals surface area contributed by atoms with Crippen LogP contribution in [0.1, 0.15) is 106 Å². The van der Waals surface area contributed by atoms with E-state index >= 15 is 0 Å². The predicted octanol–water partition coefficient (Wildman–Crippen LogP) is -6.83. The Morgan fingerprint density at radius 2 is 1.28 bits per heavy atom. The SMILES string of the molecule is CC[C@H](C)[C@H](NC(=O)[C@@H](NC(=O)[C@@H]([NH3+])CC(C)C)C(C)C)C(=O)N[C@@H](C)C(=O)NCC(=O)N[C@@H](CC(N)=O)C(=O)N1CCC[C@H]1C(=O)N[C@@H](C)C(=O)N[C@@H](Cc1ccc(O[P+](O)(O)O)cc1)C(=O)N[C@@H](CCCNC(N)N)C(=O)N[C@@H](CO)C(=O)O. The number of hydrogen-bond donors (Lipinski definition) is 19. The van der Waals surface area contributed by atoms with Crippen molar-refractivity contribution in [1.82, 2.24) is 58.1 Å². The average molecular weight is 1240 g/mol. The number of carboxylic acid groups (broad SMARTS) is 1. The van der Waals surface area contributed by atoms with E-state index in [9.17, 15) is 82.4 Å². The van der Waals surface area contributed by atoms with Gasteiger partial charge in [-0.25, -0.2) is 4.79 Å². The molecule has 1 aliphatic rings. The summed E-state index contributed by atoms with van der Waals surface area (Å²) < 4.78 is 4.69. The zero-order valence-corrected chi connectivity index (χ0v) is 50.6. The third kappa shape index (κ3) is 26.2. The number of nitrogens with zero attached hydrogens (tertiary/aromatic N) is 1. The Bertz CT molecular complexity index is 2510. The van der Waals surface area contributed by atoms with Gasteiger partial charge < -0.3 is 85.9 Å². The Labute approximate surface area is 498 Å². The van der Waals surface area contributed by atoms with Crippen molar-refractivity contribution in [2.75, 3.05) is 26.2 Å². The summed E-state index contributed by atoms with van der Waals surface area (Å²) in [5.41, 5.74) is 20.7. The second-order valence-electron chi connectivity index (χ2n) is 21.9. The molecule has 0 aliphatic carbocycles. The molecule has 34 heteroatoms. The summed E-state index contributed by atoms with van der Waals surface area (Å²) in [4.78, 5) is 189. The highest BCUT2D eigenvalue weighted by atomic mass is 31.2. The lowest BCUT2D eigenvalue weighted by atomic mass is 9.96. The van der Waals surface area contributed by atoms with E-state index in [-0.39, 0.29) is 62.8 Å². The molecule has 0 spiro atoms. The number of hydrogen-bond acceptors (Lipinski definition) is 20. The van der Waals surface area contributed by atoms with Gasteiger partial charge in [0.05, 0.1) is 19.6 Å². The number of benzene rings is 1. The summed E-state index contributed by atoms with van der Waals surface area (Å²) in [6, 6.07) is -8.18. The third-order valence-electron chi connectivity index (χ3n) is 13.7. The Morgan fingerprint density at radius 1 is 0.709 bits per heavy atom. The highest BCUT2D eigenvalue weighted by Crippen LogP contribution is 2.46. The van der Waals surface area contributed by atoms with Crippen LogP contribution in [0.3, 0.4) is 0 Å². The number of carbonyl (C=O) groups is 12. The number of rotatable bonds is 37. The summed E-state index contributed by atoms with van der Waals surface area (Å²) in [6.07, 6.45) is -0.855. The van der Waals surface area contributed by atoms with E-state index in [4.69, 9.17) is 17.2 Å². The first-order valence-electron chi connectivity index (χ1n) is 28.1. The lowest BCUT2D eigenvalue weighted by Crippen LogP contribution is -2.69. The standard InChI is InChI=1S/C52H88N15O18P/c1-9-27(6)41(66-48(77)40(26(4)5)65-44(73)32(53)20-25(2)3)49(78)60-28(7)42(71)58-23-39(70)61-35(22-38(54)69)50(79)67-19-11-13-37(67)47(76)59-29(8)43(72)63-34(21-30-14-16-31(17-15-30)85-86(82,83)84)46(75)62-33(12-10-18-57-52(55)56)45(74)64-36(24-68)51(80)81/h14-17,25-29,32-37,40-41,52,57,68,82-84H,9-13,18-24,53,55-56H2,1-8H3,(H11-,54,58,59,60,61,62,63,64,65,66,69,70,71,72,73,74,75,76,77,78,80,81)/p+2/t27-,28-,29-,32-,33-,34-,35-,36-,37-,40-,41-/m0/s1. The number of quaternary nitrogens is 1. The van der Waals surface area contributed by atoms with Crippen molar-refractivity contribution in [2.24, 2.45) is 35.0 Å². The van der Waals surface area contributed by atoms with Gasteiger partial charge in [-0.2, -0.15) is 14.7 Å². The second-order valence-corrected chi connectivity index (χ2v) is 23.1. The van der Waals surface area contributed by atoms with Crippen LogP contribution in [0.5, 0.6) is 5.75 Å². The van der Waals surface area contributed by atoms with Gasteiger partial charge in [-0.1, -0.05) is 60.1 Å². The molecule has 484 valence electrons. The number of primary amides is 1. The molecule has 11 atom stereocenters. The molecule has 1 aromatic carbocycles. The summed E-state index contributed by atoms with van der Waals surface area (Å²) in [7, 11) is -4.72. The molecular formula is C52H90N15O18P+2. The fraction of sp³-hybridized carbons (Fsp3) is 0.654. The molecule has 1 aliphatic heterocycles. The minimum absolute atomic E-state index is 0.0423. The Hall–Kier alpha value is -7.23. The van der Waals surface area contributed by atoms with Crippen LogP contribution in [0.2, 0.25) is 0 Å². The maximum absolute atomic E-state index is 14.1. The molecule has 33 nitrogen and oxygen atoms in total. The summed E-state index contributed by atoms with van der Waals surface area (Å²) in [5.74, 6) is -11.9. The van der Waals surface area contributed by atoms with Crippen molar-refractivity contribution in [3.63, 3.8) is 0 Å². The highest BCUT2D eigenvalue weighted by Gasteiger charge is 2.41. The van der Waals surface area contributed by atoms with Crippen LogP contribution in [-0.4, -0.2) is 194 Å². The summed E-state index contributed by atoms with van der Waals surface area (Å²) in [6.45, 7) is 11.7. The number of carboxylic acids is 1. The largest absolute Gasteiger partial charge is 0.613 e. The molecule has 0 radical (unpaired) electrons. The molecule has 0 aromatic heterocycles. The minimum Gasteiger partial charge on any atom is -0.480 e. The Morgan fingerprint density at radius 3 is 1.83 bits per heavy atom. The van der Waals surface area contributed by atoms with Gasteiger partial charge in [-0.15, -0.1) is 0 Å². The number of carbonyl (C=O) groups excluding carboxylic acids is 11. The van der Waals surface area contributed by atoms with Crippen LogP contribution < -0.4 is 80.6 Å². The predicted molar refractivity (Wildman–Crippen MR) is 307 cm³/mol. The molecule has 1 heterocycles. The number of aliphatic carboxylic acids is 1. The van der Waals surface area contributed by atoms with Crippen molar-refractivity contribution in [1.29, 1.82) is 0 Å². The van der Waals surface area contributed by atoms with Crippen LogP contribution in [0.4, 0.5) is 0 Å². The van der Waals surface area contributed by atoms with E-state index < -0.39 is 171 Å². The fourth-order valence-corrected chi connectivity index (χ4v) is 9.19. The lowest BCUT2D eigenvalue weighted by Gasteiger charge is -2.29. The smallest absolute Gasteiger partial charge is 0.480 e. The van der Waals surface area contributed by atoms with Gasteiger partial charge in [-0.3, -0.25) is 62.6 Å². The molecule has 2 rings (SSSR count). The molecule has 1 aromatic rings. The van der Waals surface area contributed by atoms with Gasteiger partial charge in [-0.05, 0) is 81.5 Å². The van der Waals surface area contributed by atoms with E-state index in [0.717, 1.165) is 4.90 Å². The normalized spacial score (nSPS) is 16.8.